The summed E-state index contributed by atoms with van der Waals surface area (Å²) >= 11 is 6.02. The Morgan fingerprint density at radius 1 is 1.20 bits per heavy atom. The van der Waals surface area contributed by atoms with Crippen molar-refractivity contribution in [2.75, 3.05) is 0 Å². The highest BCUT2D eigenvalue weighted by Gasteiger charge is 2.26. The van der Waals surface area contributed by atoms with Gasteiger partial charge in [-0.05, 0) is 44.5 Å². The number of halogens is 1. The fourth-order valence-corrected chi connectivity index (χ4v) is 2.62. The summed E-state index contributed by atoms with van der Waals surface area (Å²) in [6.45, 7) is 4.93. The van der Waals surface area contributed by atoms with Gasteiger partial charge in [0.1, 0.15) is 17.4 Å². The zero-order valence-corrected chi connectivity index (χ0v) is 17.3. The Labute approximate surface area is 177 Å². The van der Waals surface area contributed by atoms with Crippen molar-refractivity contribution in [2.24, 2.45) is 0 Å². The summed E-state index contributed by atoms with van der Waals surface area (Å²) in [6.07, 6.45) is -1.09. The number of benzene rings is 2. The van der Waals surface area contributed by atoms with Gasteiger partial charge in [-0.25, -0.2) is 9.59 Å². The smallest absolute Gasteiger partial charge is 0.408 e. The number of rotatable bonds is 7. The average molecular weight is 437 g/mol. The Hall–Kier alpha value is -3.33. The molecule has 1 atom stereocenters. The van der Waals surface area contributed by atoms with Gasteiger partial charge in [-0.2, -0.15) is 0 Å². The molecule has 1 amide bonds. The van der Waals surface area contributed by atoms with Crippen molar-refractivity contribution in [2.45, 2.75) is 38.8 Å². The van der Waals surface area contributed by atoms with Crippen LogP contribution in [0.2, 0.25) is 5.02 Å². The topological polar surface area (TPSA) is 128 Å². The van der Waals surface area contributed by atoms with Gasteiger partial charge in [-0.3, -0.25) is 10.1 Å². The number of ether oxygens (including phenoxy) is 2. The number of carboxylic acids is 1. The molecule has 0 aromatic heterocycles. The second kappa shape index (κ2) is 9.45. The highest BCUT2D eigenvalue weighted by molar-refractivity contribution is 6.32. The van der Waals surface area contributed by atoms with E-state index in [9.17, 15) is 24.8 Å². The van der Waals surface area contributed by atoms with Crippen LogP contribution in [0.3, 0.4) is 0 Å². The standard InChI is InChI=1S/C20H21ClN2O7/c1-20(2,3)30-19(26)22-14(18(24)25)10-12-8-9-17(15(11-12)23(27)28)29-16-7-5-4-6-13(16)21/h4-9,11,14H,10H2,1-3H3,(H,22,26)(H,24,25). The van der Waals surface area contributed by atoms with Crippen LogP contribution in [0.25, 0.3) is 0 Å². The van der Waals surface area contributed by atoms with Crippen LogP contribution in [-0.2, 0) is 16.0 Å². The zero-order valence-electron chi connectivity index (χ0n) is 16.5. The number of nitrogens with one attached hydrogen (secondary N) is 1. The van der Waals surface area contributed by atoms with Gasteiger partial charge >= 0.3 is 17.7 Å². The molecule has 0 saturated carbocycles. The second-order valence-corrected chi connectivity index (χ2v) is 7.74. The molecular formula is C20H21ClN2O7. The van der Waals surface area contributed by atoms with Crippen LogP contribution in [0.1, 0.15) is 26.3 Å². The van der Waals surface area contributed by atoms with E-state index in [1.807, 2.05) is 0 Å². The maximum absolute atomic E-state index is 11.9. The molecule has 0 radical (unpaired) electrons. The number of aliphatic carboxylic acids is 1. The van der Waals surface area contributed by atoms with Crippen LogP contribution in [0.15, 0.2) is 42.5 Å². The molecule has 0 heterocycles. The molecule has 9 nitrogen and oxygen atoms in total. The van der Waals surface area contributed by atoms with Gasteiger partial charge in [0.25, 0.3) is 0 Å². The Balaban J connectivity index is 2.23. The SMILES string of the molecule is CC(C)(C)OC(=O)NC(Cc1ccc(Oc2ccccc2Cl)c([N+](=O)[O-])c1)C(=O)O. The number of hydrogen-bond acceptors (Lipinski definition) is 6. The van der Waals surface area contributed by atoms with Crippen LogP contribution < -0.4 is 10.1 Å². The first-order valence-electron chi connectivity index (χ1n) is 8.88. The normalized spacial score (nSPS) is 12.0. The predicted molar refractivity (Wildman–Crippen MR) is 109 cm³/mol. The molecular weight excluding hydrogens is 416 g/mol. The summed E-state index contributed by atoms with van der Waals surface area (Å²) in [6, 6.07) is 9.18. The number of amides is 1. The summed E-state index contributed by atoms with van der Waals surface area (Å²) in [5.41, 5.74) is -0.852. The molecule has 2 rings (SSSR count). The van der Waals surface area contributed by atoms with E-state index in [4.69, 9.17) is 21.1 Å². The van der Waals surface area contributed by atoms with Gasteiger partial charge in [0.05, 0.1) is 9.95 Å². The molecule has 0 aliphatic heterocycles. The van der Waals surface area contributed by atoms with Crippen molar-refractivity contribution in [3.8, 4) is 11.5 Å². The van der Waals surface area contributed by atoms with Crippen LogP contribution in [0.5, 0.6) is 11.5 Å². The van der Waals surface area contributed by atoms with Crippen molar-refractivity contribution in [3.63, 3.8) is 0 Å². The summed E-state index contributed by atoms with van der Waals surface area (Å²) < 4.78 is 10.6. The summed E-state index contributed by atoms with van der Waals surface area (Å²) in [7, 11) is 0. The maximum atomic E-state index is 11.9. The van der Waals surface area contributed by atoms with Crippen molar-refractivity contribution >= 4 is 29.4 Å². The number of carboxylic acid groups (broad SMARTS) is 1. The minimum absolute atomic E-state index is 0.0520. The summed E-state index contributed by atoms with van der Waals surface area (Å²) in [5, 5.41) is 23.4. The van der Waals surface area contributed by atoms with Gasteiger partial charge in [0, 0.05) is 12.5 Å². The minimum Gasteiger partial charge on any atom is -0.480 e. The predicted octanol–water partition coefficient (Wildman–Crippen LogP) is 4.56. The number of para-hydroxylation sites is 1. The third kappa shape index (κ3) is 6.63. The first-order chi connectivity index (χ1) is 14.0. The number of carbonyl (C=O) groups is 2. The average Bonchev–Trinajstić information content (AvgIpc) is 2.62. The van der Waals surface area contributed by atoms with Gasteiger partial charge in [0.2, 0.25) is 5.75 Å². The van der Waals surface area contributed by atoms with E-state index in [-0.39, 0.29) is 28.6 Å². The van der Waals surface area contributed by atoms with Crippen LogP contribution in [0, 0.1) is 10.1 Å². The molecule has 0 spiro atoms. The van der Waals surface area contributed by atoms with Crippen LogP contribution in [-0.4, -0.2) is 33.7 Å². The highest BCUT2D eigenvalue weighted by atomic mass is 35.5. The lowest BCUT2D eigenvalue weighted by Gasteiger charge is -2.22. The van der Waals surface area contributed by atoms with Crippen molar-refractivity contribution in [1.29, 1.82) is 0 Å². The molecule has 2 aromatic rings. The lowest BCUT2D eigenvalue weighted by Crippen LogP contribution is -2.44. The van der Waals surface area contributed by atoms with E-state index < -0.39 is 28.6 Å². The fourth-order valence-electron chi connectivity index (χ4n) is 2.45. The summed E-state index contributed by atoms with van der Waals surface area (Å²) in [5.74, 6) is -1.12. The molecule has 2 N–H and O–H groups in total. The fraction of sp³-hybridized carbons (Fsp3) is 0.300. The van der Waals surface area contributed by atoms with Gasteiger partial charge in [-0.15, -0.1) is 0 Å². The third-order valence-corrected chi connectivity index (χ3v) is 4.02. The monoisotopic (exact) mass is 436 g/mol. The quantitative estimate of drug-likeness (QED) is 0.480. The molecule has 0 bridgehead atoms. The Morgan fingerprint density at radius 3 is 2.43 bits per heavy atom. The van der Waals surface area contributed by atoms with Crippen molar-refractivity contribution < 1.29 is 29.1 Å². The lowest BCUT2D eigenvalue weighted by atomic mass is 10.0. The summed E-state index contributed by atoms with van der Waals surface area (Å²) in [4.78, 5) is 34.3. The van der Waals surface area contributed by atoms with E-state index in [0.717, 1.165) is 0 Å². The molecule has 1 unspecified atom stereocenters. The molecule has 0 saturated heterocycles. The van der Waals surface area contributed by atoms with E-state index in [2.05, 4.69) is 5.32 Å². The third-order valence-electron chi connectivity index (χ3n) is 3.71. The zero-order chi connectivity index (χ0) is 22.5. The highest BCUT2D eigenvalue weighted by Crippen LogP contribution is 2.35. The van der Waals surface area contributed by atoms with Gasteiger partial charge < -0.3 is 19.9 Å². The number of alkyl carbamates (subject to hydrolysis) is 1. The molecule has 2 aromatic carbocycles. The van der Waals surface area contributed by atoms with E-state index in [0.29, 0.717) is 5.56 Å². The van der Waals surface area contributed by atoms with Crippen molar-refractivity contribution in [3.05, 3.63) is 63.2 Å². The van der Waals surface area contributed by atoms with Gasteiger partial charge in [-0.1, -0.05) is 29.8 Å². The van der Waals surface area contributed by atoms with Crippen LogP contribution in [0.4, 0.5) is 10.5 Å². The molecule has 30 heavy (non-hydrogen) atoms. The molecule has 0 fully saturated rings. The molecule has 160 valence electrons. The largest absolute Gasteiger partial charge is 0.480 e. The molecule has 0 aliphatic carbocycles. The minimum atomic E-state index is -1.34. The first-order valence-corrected chi connectivity index (χ1v) is 9.26. The van der Waals surface area contributed by atoms with Gasteiger partial charge in [0.15, 0.2) is 0 Å². The van der Waals surface area contributed by atoms with Crippen LogP contribution >= 0.6 is 11.6 Å². The number of hydrogen-bond donors (Lipinski definition) is 2. The van der Waals surface area contributed by atoms with E-state index in [1.165, 1.54) is 18.2 Å². The molecule has 10 heteroatoms. The number of nitro benzene ring substituents is 1. The van der Waals surface area contributed by atoms with E-state index >= 15 is 0 Å². The number of nitro groups is 1. The Bertz CT molecular complexity index is 956. The number of nitrogens with zero attached hydrogens (tertiary/aromatic N) is 1. The lowest BCUT2D eigenvalue weighted by molar-refractivity contribution is -0.385. The number of carbonyl (C=O) groups excluding carboxylic acids is 1. The first kappa shape index (κ1) is 23.0. The van der Waals surface area contributed by atoms with E-state index in [1.54, 1.807) is 45.0 Å². The Kier molecular flexibility index (Phi) is 7.23. The maximum Gasteiger partial charge on any atom is 0.408 e. The second-order valence-electron chi connectivity index (χ2n) is 7.33. The Morgan fingerprint density at radius 2 is 1.87 bits per heavy atom. The van der Waals surface area contributed by atoms with Crippen molar-refractivity contribution in [1.82, 2.24) is 5.32 Å². The molecule has 0 aliphatic rings.